The van der Waals surface area contributed by atoms with Crippen molar-refractivity contribution in [1.82, 2.24) is 5.32 Å². The van der Waals surface area contributed by atoms with Gasteiger partial charge in [-0.1, -0.05) is 13.3 Å². The second-order valence-corrected chi connectivity index (χ2v) is 5.10. The lowest BCUT2D eigenvalue weighted by atomic mass is 10.1. The predicted molar refractivity (Wildman–Crippen MR) is 76.8 cm³/mol. The molecule has 0 radical (unpaired) electrons. The van der Waals surface area contributed by atoms with Crippen LogP contribution in [0, 0.1) is 5.82 Å². The quantitative estimate of drug-likeness (QED) is 0.734. The van der Waals surface area contributed by atoms with Gasteiger partial charge >= 0.3 is 0 Å². The van der Waals surface area contributed by atoms with Crippen LogP contribution in [0.15, 0.2) is 16.6 Å². The summed E-state index contributed by atoms with van der Waals surface area (Å²) in [5.74, 6) is 0.366. The molecule has 0 fully saturated rings. The zero-order valence-electron chi connectivity index (χ0n) is 11.1. The summed E-state index contributed by atoms with van der Waals surface area (Å²) in [5, 5.41) is 3.30. The lowest BCUT2D eigenvalue weighted by Crippen LogP contribution is -2.13. The number of rotatable bonds is 8. The van der Waals surface area contributed by atoms with Crippen LogP contribution in [-0.2, 0) is 6.42 Å². The van der Waals surface area contributed by atoms with Gasteiger partial charge < -0.3 is 10.1 Å². The van der Waals surface area contributed by atoms with Crippen molar-refractivity contribution in [3.05, 3.63) is 28.0 Å². The molecular weight excluding hydrogens is 297 g/mol. The van der Waals surface area contributed by atoms with E-state index >= 15 is 0 Å². The van der Waals surface area contributed by atoms with Gasteiger partial charge in [0.15, 0.2) is 0 Å². The fourth-order valence-corrected chi connectivity index (χ4v) is 2.26. The lowest BCUT2D eigenvalue weighted by molar-refractivity contribution is 0.405. The van der Waals surface area contributed by atoms with Crippen molar-refractivity contribution in [3.63, 3.8) is 0 Å². The molecule has 0 spiro atoms. The predicted octanol–water partition coefficient (Wildman–Crippen LogP) is 3.92. The number of benzene rings is 1. The minimum absolute atomic E-state index is 0.275. The highest BCUT2D eigenvalue weighted by molar-refractivity contribution is 9.10. The standard InChI is InChI=1S/C14H21BrFNO/c1-3-17-8-6-4-5-7-11-9-12(15)13(16)10-14(11)18-2/h9-10,17H,3-8H2,1-2H3. The number of aryl methyl sites for hydroxylation is 1. The minimum Gasteiger partial charge on any atom is -0.496 e. The fourth-order valence-electron chi connectivity index (χ4n) is 1.87. The van der Waals surface area contributed by atoms with Crippen LogP contribution in [0.3, 0.4) is 0 Å². The summed E-state index contributed by atoms with van der Waals surface area (Å²) < 4.78 is 19.0. The highest BCUT2D eigenvalue weighted by atomic mass is 79.9. The number of halogens is 2. The Kier molecular flexibility index (Phi) is 7.28. The summed E-state index contributed by atoms with van der Waals surface area (Å²) in [7, 11) is 1.58. The van der Waals surface area contributed by atoms with E-state index in [9.17, 15) is 4.39 Å². The molecule has 0 unspecified atom stereocenters. The van der Waals surface area contributed by atoms with Gasteiger partial charge in [-0.05, 0) is 59.9 Å². The van der Waals surface area contributed by atoms with Gasteiger partial charge in [-0.3, -0.25) is 0 Å². The van der Waals surface area contributed by atoms with Crippen molar-refractivity contribution in [2.24, 2.45) is 0 Å². The van der Waals surface area contributed by atoms with Crippen LogP contribution in [0.1, 0.15) is 31.7 Å². The van der Waals surface area contributed by atoms with Gasteiger partial charge in [-0.2, -0.15) is 0 Å². The van der Waals surface area contributed by atoms with Crippen LogP contribution < -0.4 is 10.1 Å². The van der Waals surface area contributed by atoms with Crippen LogP contribution in [0.4, 0.5) is 4.39 Å². The zero-order valence-corrected chi connectivity index (χ0v) is 12.6. The Morgan fingerprint density at radius 3 is 2.72 bits per heavy atom. The molecule has 102 valence electrons. The van der Waals surface area contributed by atoms with Crippen LogP contribution in [-0.4, -0.2) is 20.2 Å². The third kappa shape index (κ3) is 4.94. The van der Waals surface area contributed by atoms with Gasteiger partial charge in [0, 0.05) is 6.07 Å². The maximum atomic E-state index is 13.3. The first-order chi connectivity index (χ1) is 8.69. The molecule has 2 nitrogen and oxygen atoms in total. The average Bonchev–Trinajstić information content (AvgIpc) is 2.37. The smallest absolute Gasteiger partial charge is 0.141 e. The second-order valence-electron chi connectivity index (χ2n) is 4.24. The largest absolute Gasteiger partial charge is 0.496 e. The van der Waals surface area contributed by atoms with E-state index in [2.05, 4.69) is 28.2 Å². The lowest BCUT2D eigenvalue weighted by Gasteiger charge is -2.10. The number of nitrogens with one attached hydrogen (secondary N) is 1. The van der Waals surface area contributed by atoms with Crippen molar-refractivity contribution in [2.75, 3.05) is 20.2 Å². The summed E-state index contributed by atoms with van der Waals surface area (Å²) in [6, 6.07) is 3.26. The number of hydrogen-bond donors (Lipinski definition) is 1. The van der Waals surface area contributed by atoms with Crippen LogP contribution in [0.5, 0.6) is 5.75 Å². The van der Waals surface area contributed by atoms with Gasteiger partial charge in [0.1, 0.15) is 11.6 Å². The van der Waals surface area contributed by atoms with Crippen molar-refractivity contribution in [3.8, 4) is 5.75 Å². The van der Waals surface area contributed by atoms with E-state index < -0.39 is 0 Å². The van der Waals surface area contributed by atoms with Crippen LogP contribution in [0.25, 0.3) is 0 Å². The number of ether oxygens (including phenoxy) is 1. The van der Waals surface area contributed by atoms with E-state index in [0.29, 0.717) is 10.2 Å². The van der Waals surface area contributed by atoms with E-state index in [4.69, 9.17) is 4.74 Å². The molecule has 0 saturated carbocycles. The number of unbranched alkanes of at least 4 members (excludes halogenated alkanes) is 2. The summed E-state index contributed by atoms with van der Waals surface area (Å²) in [5.41, 5.74) is 1.06. The highest BCUT2D eigenvalue weighted by Gasteiger charge is 2.08. The maximum absolute atomic E-state index is 13.3. The van der Waals surface area contributed by atoms with E-state index in [1.54, 1.807) is 7.11 Å². The molecule has 0 aromatic heterocycles. The molecule has 0 atom stereocenters. The average molecular weight is 318 g/mol. The van der Waals surface area contributed by atoms with Gasteiger partial charge in [-0.15, -0.1) is 0 Å². The van der Waals surface area contributed by atoms with Crippen molar-refractivity contribution >= 4 is 15.9 Å². The monoisotopic (exact) mass is 317 g/mol. The third-order valence-electron chi connectivity index (χ3n) is 2.87. The molecule has 0 aliphatic rings. The molecule has 18 heavy (non-hydrogen) atoms. The summed E-state index contributed by atoms with van der Waals surface area (Å²) in [6.07, 6.45) is 4.37. The van der Waals surface area contributed by atoms with Crippen molar-refractivity contribution in [2.45, 2.75) is 32.6 Å². The van der Waals surface area contributed by atoms with Gasteiger partial charge in [0.05, 0.1) is 11.6 Å². The molecule has 0 aliphatic heterocycles. The molecule has 1 aromatic carbocycles. The first-order valence-electron chi connectivity index (χ1n) is 6.41. The summed E-state index contributed by atoms with van der Waals surface area (Å²) >= 11 is 3.21. The minimum atomic E-state index is -0.275. The van der Waals surface area contributed by atoms with Gasteiger partial charge in [0.2, 0.25) is 0 Å². The Bertz CT molecular complexity index is 371. The summed E-state index contributed by atoms with van der Waals surface area (Å²) in [6.45, 7) is 4.21. The Morgan fingerprint density at radius 1 is 1.28 bits per heavy atom. The molecule has 0 heterocycles. The summed E-state index contributed by atoms with van der Waals surface area (Å²) in [4.78, 5) is 0. The van der Waals surface area contributed by atoms with Crippen LogP contribution >= 0.6 is 15.9 Å². The molecule has 1 N–H and O–H groups in total. The Morgan fingerprint density at radius 2 is 2.06 bits per heavy atom. The topological polar surface area (TPSA) is 21.3 Å². The molecule has 0 bridgehead atoms. The van der Waals surface area contributed by atoms with E-state index in [0.717, 1.165) is 31.5 Å². The van der Waals surface area contributed by atoms with Crippen molar-refractivity contribution < 1.29 is 9.13 Å². The molecule has 0 aliphatic carbocycles. The highest BCUT2D eigenvalue weighted by Crippen LogP contribution is 2.27. The number of methoxy groups -OCH3 is 1. The Balaban J connectivity index is 2.43. The molecule has 0 saturated heterocycles. The van der Waals surface area contributed by atoms with Crippen molar-refractivity contribution in [1.29, 1.82) is 0 Å². The molecule has 1 aromatic rings. The Labute approximate surface area is 117 Å². The maximum Gasteiger partial charge on any atom is 0.141 e. The van der Waals surface area contributed by atoms with Gasteiger partial charge in [0.25, 0.3) is 0 Å². The van der Waals surface area contributed by atoms with Gasteiger partial charge in [-0.25, -0.2) is 4.39 Å². The Hall–Kier alpha value is -0.610. The van der Waals surface area contributed by atoms with E-state index in [1.165, 1.54) is 18.9 Å². The van der Waals surface area contributed by atoms with E-state index in [1.807, 2.05) is 6.07 Å². The van der Waals surface area contributed by atoms with Crippen LogP contribution in [0.2, 0.25) is 0 Å². The molecule has 1 rings (SSSR count). The SMILES string of the molecule is CCNCCCCCc1cc(Br)c(F)cc1OC. The normalized spacial score (nSPS) is 10.7. The second kappa shape index (κ2) is 8.48. The van der Waals surface area contributed by atoms with E-state index in [-0.39, 0.29) is 5.82 Å². The number of hydrogen-bond acceptors (Lipinski definition) is 2. The molecule has 4 heteroatoms. The third-order valence-corrected chi connectivity index (χ3v) is 3.48. The molecule has 0 amide bonds. The first kappa shape index (κ1) is 15.4. The fraction of sp³-hybridized carbons (Fsp3) is 0.571. The first-order valence-corrected chi connectivity index (χ1v) is 7.21. The zero-order chi connectivity index (χ0) is 13.4. The molecular formula is C14H21BrFNO.